The fourth-order valence-corrected chi connectivity index (χ4v) is 5.01. The van der Waals surface area contributed by atoms with E-state index in [9.17, 15) is 16.8 Å². The molecule has 1 saturated heterocycles. The second-order valence-corrected chi connectivity index (χ2v) is 9.41. The van der Waals surface area contributed by atoms with E-state index in [-0.39, 0.29) is 18.0 Å². The molecule has 1 aromatic carbocycles. The maximum Gasteiger partial charge on any atom is 0.243 e. The van der Waals surface area contributed by atoms with E-state index in [0.717, 1.165) is 17.6 Å². The highest BCUT2D eigenvalue weighted by Gasteiger charge is 2.41. The zero-order valence-electron chi connectivity index (χ0n) is 10.9. The summed E-state index contributed by atoms with van der Waals surface area (Å²) in [6.45, 7) is 0.641. The van der Waals surface area contributed by atoms with Crippen LogP contribution in [0.5, 0.6) is 5.75 Å². The fraction of sp³-hybridized carbons (Fsp3) is 0.500. The van der Waals surface area contributed by atoms with Gasteiger partial charge in [0.25, 0.3) is 0 Å². The number of rotatable bonds is 3. The van der Waals surface area contributed by atoms with E-state index < -0.39 is 25.1 Å². The Kier molecular flexibility index (Phi) is 3.07. The first-order valence-electron chi connectivity index (χ1n) is 6.23. The molecule has 6 nitrogen and oxygen atoms in total. The SMILES string of the molecule is CS(=O)(=O)C1CN(S(=O)(=O)c2ccc3c(c2)CCO3)C1. The molecule has 8 heteroatoms. The molecule has 0 radical (unpaired) electrons. The highest BCUT2D eigenvalue weighted by molar-refractivity contribution is 7.92. The highest BCUT2D eigenvalue weighted by atomic mass is 32.2. The lowest BCUT2D eigenvalue weighted by atomic mass is 10.2. The number of fused-ring (bicyclic) bond motifs is 1. The van der Waals surface area contributed by atoms with Crippen LogP contribution in [0.25, 0.3) is 0 Å². The predicted molar refractivity (Wildman–Crippen MR) is 73.0 cm³/mol. The molecule has 1 aromatic rings. The van der Waals surface area contributed by atoms with Crippen molar-refractivity contribution in [2.24, 2.45) is 0 Å². The third-order valence-corrected chi connectivity index (χ3v) is 7.06. The first-order valence-corrected chi connectivity index (χ1v) is 9.63. The van der Waals surface area contributed by atoms with Crippen LogP contribution in [-0.2, 0) is 26.3 Å². The summed E-state index contributed by atoms with van der Waals surface area (Å²) in [5.41, 5.74) is 0.881. The van der Waals surface area contributed by atoms with Crippen molar-refractivity contribution in [3.8, 4) is 5.75 Å². The van der Waals surface area contributed by atoms with E-state index in [0.29, 0.717) is 13.0 Å². The van der Waals surface area contributed by atoms with Gasteiger partial charge in [-0.3, -0.25) is 0 Å². The summed E-state index contributed by atoms with van der Waals surface area (Å²) in [7, 11) is -6.78. The van der Waals surface area contributed by atoms with Crippen molar-refractivity contribution >= 4 is 19.9 Å². The molecular weight excluding hydrogens is 302 g/mol. The number of ether oxygens (including phenoxy) is 1. The van der Waals surface area contributed by atoms with E-state index >= 15 is 0 Å². The Labute approximate surface area is 118 Å². The highest BCUT2D eigenvalue weighted by Crippen LogP contribution is 2.30. The molecule has 3 rings (SSSR count). The average molecular weight is 317 g/mol. The molecule has 2 heterocycles. The molecular formula is C12H15NO5S2. The van der Waals surface area contributed by atoms with Gasteiger partial charge in [0.2, 0.25) is 10.0 Å². The minimum absolute atomic E-state index is 0.0365. The Morgan fingerprint density at radius 2 is 1.90 bits per heavy atom. The quantitative estimate of drug-likeness (QED) is 0.786. The second kappa shape index (κ2) is 4.44. The van der Waals surface area contributed by atoms with Crippen molar-refractivity contribution in [3.05, 3.63) is 23.8 Å². The van der Waals surface area contributed by atoms with Gasteiger partial charge in [-0.05, 0) is 23.8 Å². The van der Waals surface area contributed by atoms with Gasteiger partial charge in [-0.2, -0.15) is 4.31 Å². The van der Waals surface area contributed by atoms with Gasteiger partial charge in [0.15, 0.2) is 9.84 Å². The Morgan fingerprint density at radius 1 is 1.20 bits per heavy atom. The lowest BCUT2D eigenvalue weighted by molar-refractivity contribution is 0.310. The summed E-state index contributed by atoms with van der Waals surface area (Å²) in [5.74, 6) is 0.724. The zero-order valence-corrected chi connectivity index (χ0v) is 12.6. The van der Waals surface area contributed by atoms with Crippen LogP contribution >= 0.6 is 0 Å². The van der Waals surface area contributed by atoms with Gasteiger partial charge >= 0.3 is 0 Å². The molecule has 1 fully saturated rings. The lowest BCUT2D eigenvalue weighted by Gasteiger charge is -2.36. The number of hydrogen-bond acceptors (Lipinski definition) is 5. The van der Waals surface area contributed by atoms with Gasteiger partial charge in [0.1, 0.15) is 5.75 Å². The summed E-state index contributed by atoms with van der Waals surface area (Å²) in [5, 5.41) is -0.588. The van der Waals surface area contributed by atoms with Crippen molar-refractivity contribution < 1.29 is 21.6 Å². The molecule has 0 saturated carbocycles. The van der Waals surface area contributed by atoms with Crippen LogP contribution in [0.4, 0.5) is 0 Å². The molecule has 2 aliphatic rings. The van der Waals surface area contributed by atoms with E-state index in [2.05, 4.69) is 0 Å². The molecule has 0 unspecified atom stereocenters. The van der Waals surface area contributed by atoms with E-state index in [4.69, 9.17) is 4.74 Å². The lowest BCUT2D eigenvalue weighted by Crippen LogP contribution is -2.56. The van der Waals surface area contributed by atoms with Crippen molar-refractivity contribution in [2.45, 2.75) is 16.6 Å². The standard InChI is InChI=1S/C12H15NO5S2/c1-19(14,15)11-7-13(8-11)20(16,17)10-2-3-12-9(6-10)4-5-18-12/h2-3,6,11H,4-5,7-8H2,1H3. The van der Waals surface area contributed by atoms with Gasteiger partial charge in [0, 0.05) is 25.8 Å². The smallest absolute Gasteiger partial charge is 0.243 e. The average Bonchev–Trinajstić information content (AvgIpc) is 2.70. The third kappa shape index (κ3) is 2.21. The first kappa shape index (κ1) is 13.8. The van der Waals surface area contributed by atoms with Crippen molar-refractivity contribution in [3.63, 3.8) is 0 Å². The number of sulfone groups is 1. The fourth-order valence-electron chi connectivity index (χ4n) is 2.34. The van der Waals surface area contributed by atoms with Crippen LogP contribution < -0.4 is 4.74 Å². The molecule has 2 aliphatic heterocycles. The Bertz CT molecular complexity index is 748. The van der Waals surface area contributed by atoms with Crippen LogP contribution in [0.1, 0.15) is 5.56 Å². The van der Waals surface area contributed by atoms with Gasteiger partial charge in [-0.25, -0.2) is 16.8 Å². The zero-order chi connectivity index (χ0) is 14.5. The van der Waals surface area contributed by atoms with Gasteiger partial charge in [-0.15, -0.1) is 0 Å². The second-order valence-electron chi connectivity index (χ2n) is 5.14. The Balaban J connectivity index is 1.84. The van der Waals surface area contributed by atoms with Gasteiger partial charge in [-0.1, -0.05) is 0 Å². The van der Waals surface area contributed by atoms with E-state index in [1.54, 1.807) is 12.1 Å². The molecule has 0 aromatic heterocycles. The van der Waals surface area contributed by atoms with Crippen molar-refractivity contribution in [1.29, 1.82) is 0 Å². The molecule has 20 heavy (non-hydrogen) atoms. The van der Waals surface area contributed by atoms with Crippen LogP contribution in [0.2, 0.25) is 0 Å². The summed E-state index contributed by atoms with van der Waals surface area (Å²) in [6.07, 6.45) is 1.83. The molecule has 0 bridgehead atoms. The van der Waals surface area contributed by atoms with Crippen LogP contribution in [0.15, 0.2) is 23.1 Å². The Morgan fingerprint density at radius 3 is 2.55 bits per heavy atom. The van der Waals surface area contributed by atoms with Gasteiger partial charge in [0.05, 0.1) is 16.8 Å². The van der Waals surface area contributed by atoms with Crippen LogP contribution in [-0.4, -0.2) is 52.3 Å². The maximum absolute atomic E-state index is 12.4. The topological polar surface area (TPSA) is 80.8 Å². The monoisotopic (exact) mass is 317 g/mol. The molecule has 0 aliphatic carbocycles. The van der Waals surface area contributed by atoms with Crippen molar-refractivity contribution in [1.82, 2.24) is 4.31 Å². The molecule has 0 amide bonds. The van der Waals surface area contributed by atoms with E-state index in [1.165, 1.54) is 10.4 Å². The molecule has 0 atom stereocenters. The number of hydrogen-bond donors (Lipinski definition) is 0. The molecule has 0 spiro atoms. The number of sulfonamides is 1. The third-order valence-electron chi connectivity index (χ3n) is 3.72. The number of benzene rings is 1. The largest absolute Gasteiger partial charge is 0.493 e. The predicted octanol–water partition coefficient (Wildman–Crippen LogP) is 0.0390. The van der Waals surface area contributed by atoms with Crippen molar-refractivity contribution in [2.75, 3.05) is 26.0 Å². The summed E-state index contributed by atoms with van der Waals surface area (Å²) >= 11 is 0. The van der Waals surface area contributed by atoms with Crippen LogP contribution in [0.3, 0.4) is 0 Å². The molecule has 0 N–H and O–H groups in total. The van der Waals surface area contributed by atoms with Crippen LogP contribution in [0, 0.1) is 0 Å². The summed E-state index contributed by atoms with van der Waals surface area (Å²) in [6, 6.07) is 4.78. The summed E-state index contributed by atoms with van der Waals surface area (Å²) in [4.78, 5) is 0.203. The van der Waals surface area contributed by atoms with Gasteiger partial charge < -0.3 is 4.74 Å². The minimum Gasteiger partial charge on any atom is -0.493 e. The molecule has 110 valence electrons. The van der Waals surface area contributed by atoms with E-state index in [1.807, 2.05) is 0 Å². The normalized spacial score (nSPS) is 20.2. The number of nitrogens with zero attached hydrogens (tertiary/aromatic N) is 1. The first-order chi connectivity index (χ1) is 9.28. The Hall–Kier alpha value is -1.12. The minimum atomic E-state index is -3.60. The summed E-state index contributed by atoms with van der Waals surface area (Å²) < 4.78 is 54.0. The maximum atomic E-state index is 12.4.